The summed E-state index contributed by atoms with van der Waals surface area (Å²) in [6.07, 6.45) is 0.622. The maximum absolute atomic E-state index is 12.1. The highest BCUT2D eigenvalue weighted by molar-refractivity contribution is 5.92. The summed E-state index contributed by atoms with van der Waals surface area (Å²) in [6.45, 7) is 3.70. The van der Waals surface area contributed by atoms with Gasteiger partial charge in [0.1, 0.15) is 0 Å². The number of rotatable bonds is 3. The van der Waals surface area contributed by atoms with Gasteiger partial charge in [0.25, 0.3) is 5.56 Å². The number of primary amides is 1. The third-order valence-corrected chi connectivity index (χ3v) is 3.28. The summed E-state index contributed by atoms with van der Waals surface area (Å²) in [6, 6.07) is 7.69. The smallest absolute Gasteiger partial charge is 0.258 e. The third kappa shape index (κ3) is 2.30. The molecule has 0 atom stereocenters. The number of aromatic nitrogens is 1. The van der Waals surface area contributed by atoms with Gasteiger partial charge < -0.3 is 10.8 Å². The molecule has 0 aliphatic rings. The van der Waals surface area contributed by atoms with Crippen LogP contribution in [0.1, 0.15) is 28.4 Å². The number of hydrogen-bond acceptors (Lipinski definition) is 3. The van der Waals surface area contributed by atoms with Crippen molar-refractivity contribution >= 4 is 5.91 Å². The van der Waals surface area contributed by atoms with E-state index in [-0.39, 0.29) is 11.4 Å². The summed E-state index contributed by atoms with van der Waals surface area (Å²) in [5.41, 5.74) is 7.19. The summed E-state index contributed by atoms with van der Waals surface area (Å²) < 4.78 is 1.22. The minimum atomic E-state index is -0.536. The third-order valence-electron chi connectivity index (χ3n) is 3.28. The molecule has 0 unspecified atom stereocenters. The number of hydrogen-bond donors (Lipinski definition) is 2. The highest BCUT2D eigenvalue weighted by Crippen LogP contribution is 2.22. The van der Waals surface area contributed by atoms with Gasteiger partial charge in [-0.25, -0.2) is 4.57 Å². The molecule has 5 nitrogen and oxygen atoms in total. The van der Waals surface area contributed by atoms with Crippen molar-refractivity contribution in [3.05, 3.63) is 57.4 Å². The summed E-state index contributed by atoms with van der Waals surface area (Å²) in [7, 11) is 0. The normalized spacial score (nSPS) is 10.5. The Labute approximate surface area is 116 Å². The largest absolute Gasteiger partial charge is 0.494 e. The van der Waals surface area contributed by atoms with E-state index in [1.807, 2.05) is 6.92 Å². The summed E-state index contributed by atoms with van der Waals surface area (Å²) in [5.74, 6) is -0.601. The molecule has 2 rings (SSSR count). The highest BCUT2D eigenvalue weighted by atomic mass is 16.3. The second-order valence-electron chi connectivity index (χ2n) is 4.57. The molecule has 0 spiro atoms. The van der Waals surface area contributed by atoms with Gasteiger partial charge in [0.2, 0.25) is 11.8 Å². The Morgan fingerprint density at radius 3 is 2.40 bits per heavy atom. The number of amides is 1. The van der Waals surface area contributed by atoms with Crippen LogP contribution < -0.4 is 11.3 Å². The Morgan fingerprint density at radius 2 is 1.90 bits per heavy atom. The molecule has 104 valence electrons. The quantitative estimate of drug-likeness (QED) is 0.888. The van der Waals surface area contributed by atoms with Gasteiger partial charge in [0.05, 0.1) is 5.69 Å². The standard InChI is InChI=1S/C15H16N2O3/c1-3-12-9(2)8-13(18)17(15(12)20)11-6-4-10(5-7-11)14(16)19/h4-8,20H,3H2,1-2H3,(H2,16,19). The van der Waals surface area contributed by atoms with E-state index in [0.29, 0.717) is 17.7 Å². The lowest BCUT2D eigenvalue weighted by atomic mass is 10.1. The lowest BCUT2D eigenvalue weighted by Crippen LogP contribution is -2.19. The minimum Gasteiger partial charge on any atom is -0.494 e. The van der Waals surface area contributed by atoms with Crippen LogP contribution in [0.3, 0.4) is 0 Å². The minimum absolute atomic E-state index is 0.0654. The molecular weight excluding hydrogens is 256 g/mol. The predicted octanol–water partition coefficient (Wildman–Crippen LogP) is 1.51. The highest BCUT2D eigenvalue weighted by Gasteiger charge is 2.13. The van der Waals surface area contributed by atoms with Gasteiger partial charge in [-0.3, -0.25) is 9.59 Å². The van der Waals surface area contributed by atoms with Crippen LogP contribution in [0, 0.1) is 6.92 Å². The van der Waals surface area contributed by atoms with Crippen molar-refractivity contribution in [2.45, 2.75) is 20.3 Å². The summed E-state index contributed by atoms with van der Waals surface area (Å²) in [4.78, 5) is 23.1. The van der Waals surface area contributed by atoms with Gasteiger partial charge in [-0.2, -0.15) is 0 Å². The molecule has 5 heteroatoms. The van der Waals surface area contributed by atoms with Gasteiger partial charge in [0.15, 0.2) is 0 Å². The van der Waals surface area contributed by atoms with E-state index in [2.05, 4.69) is 0 Å². The Hall–Kier alpha value is -2.56. The zero-order valence-electron chi connectivity index (χ0n) is 11.4. The molecule has 1 heterocycles. The van der Waals surface area contributed by atoms with Crippen LogP contribution in [0.15, 0.2) is 35.1 Å². The van der Waals surface area contributed by atoms with Crippen LogP contribution in [0.5, 0.6) is 5.88 Å². The molecular formula is C15H16N2O3. The Kier molecular flexibility index (Phi) is 3.61. The maximum atomic E-state index is 12.1. The van der Waals surface area contributed by atoms with Crippen LogP contribution in [-0.2, 0) is 6.42 Å². The first-order valence-electron chi connectivity index (χ1n) is 6.30. The first-order chi connectivity index (χ1) is 9.45. The average Bonchev–Trinajstić information content (AvgIpc) is 2.39. The van der Waals surface area contributed by atoms with Crippen molar-refractivity contribution in [2.24, 2.45) is 5.73 Å². The van der Waals surface area contributed by atoms with Crippen molar-refractivity contribution in [1.82, 2.24) is 4.57 Å². The number of carbonyl (C=O) groups is 1. The Balaban J connectivity index is 2.63. The van der Waals surface area contributed by atoms with Crippen LogP contribution in [0.2, 0.25) is 0 Å². The molecule has 0 aliphatic carbocycles. The van der Waals surface area contributed by atoms with Crippen molar-refractivity contribution in [3.8, 4) is 11.6 Å². The van der Waals surface area contributed by atoms with Gasteiger partial charge in [-0.1, -0.05) is 6.92 Å². The van der Waals surface area contributed by atoms with Gasteiger partial charge in [-0.15, -0.1) is 0 Å². The molecule has 1 aromatic carbocycles. The number of aryl methyl sites for hydroxylation is 1. The molecule has 2 aromatic rings. The topological polar surface area (TPSA) is 85.3 Å². The number of pyridine rings is 1. The Morgan fingerprint density at radius 1 is 1.30 bits per heavy atom. The number of carbonyl (C=O) groups excluding carboxylic acids is 1. The van der Waals surface area contributed by atoms with Crippen LogP contribution in [-0.4, -0.2) is 15.6 Å². The number of aromatic hydroxyl groups is 1. The van der Waals surface area contributed by atoms with Crippen molar-refractivity contribution < 1.29 is 9.90 Å². The monoisotopic (exact) mass is 272 g/mol. The van der Waals surface area contributed by atoms with E-state index >= 15 is 0 Å². The van der Waals surface area contributed by atoms with E-state index in [0.717, 1.165) is 11.1 Å². The molecule has 0 radical (unpaired) electrons. The molecule has 0 fully saturated rings. The predicted molar refractivity (Wildman–Crippen MR) is 76.3 cm³/mol. The van der Waals surface area contributed by atoms with Crippen LogP contribution >= 0.6 is 0 Å². The fourth-order valence-corrected chi connectivity index (χ4v) is 2.21. The van der Waals surface area contributed by atoms with E-state index < -0.39 is 5.91 Å². The second-order valence-corrected chi connectivity index (χ2v) is 4.57. The molecule has 1 aromatic heterocycles. The van der Waals surface area contributed by atoms with Crippen LogP contribution in [0.25, 0.3) is 5.69 Å². The molecule has 0 saturated heterocycles. The maximum Gasteiger partial charge on any atom is 0.258 e. The molecule has 1 amide bonds. The van der Waals surface area contributed by atoms with E-state index in [9.17, 15) is 14.7 Å². The summed E-state index contributed by atoms with van der Waals surface area (Å²) in [5, 5.41) is 10.3. The fourth-order valence-electron chi connectivity index (χ4n) is 2.21. The summed E-state index contributed by atoms with van der Waals surface area (Å²) >= 11 is 0. The number of benzene rings is 1. The van der Waals surface area contributed by atoms with E-state index in [1.165, 1.54) is 22.8 Å². The van der Waals surface area contributed by atoms with Crippen molar-refractivity contribution in [2.75, 3.05) is 0 Å². The average molecular weight is 272 g/mol. The zero-order chi connectivity index (χ0) is 14.9. The first kappa shape index (κ1) is 13.9. The van der Waals surface area contributed by atoms with E-state index in [4.69, 9.17) is 5.73 Å². The number of nitrogens with zero attached hydrogens (tertiary/aromatic N) is 1. The van der Waals surface area contributed by atoms with Crippen molar-refractivity contribution in [1.29, 1.82) is 0 Å². The van der Waals surface area contributed by atoms with Gasteiger partial charge in [0, 0.05) is 17.2 Å². The number of nitrogens with two attached hydrogens (primary N) is 1. The fraction of sp³-hybridized carbons (Fsp3) is 0.200. The Bertz CT molecular complexity index is 715. The van der Waals surface area contributed by atoms with Gasteiger partial charge >= 0.3 is 0 Å². The SMILES string of the molecule is CCc1c(C)cc(=O)n(-c2ccc(C(N)=O)cc2)c1O. The van der Waals surface area contributed by atoms with E-state index in [1.54, 1.807) is 19.1 Å². The lowest BCUT2D eigenvalue weighted by Gasteiger charge is -2.13. The lowest BCUT2D eigenvalue weighted by molar-refractivity contribution is 0.100. The molecule has 3 N–H and O–H groups in total. The molecule has 0 aliphatic heterocycles. The van der Waals surface area contributed by atoms with Gasteiger partial charge in [-0.05, 0) is 43.2 Å². The molecule has 0 saturated carbocycles. The molecule has 0 bridgehead atoms. The first-order valence-corrected chi connectivity index (χ1v) is 6.30. The zero-order valence-corrected chi connectivity index (χ0v) is 11.4. The van der Waals surface area contributed by atoms with Crippen molar-refractivity contribution in [3.63, 3.8) is 0 Å². The van der Waals surface area contributed by atoms with Crippen LogP contribution in [0.4, 0.5) is 0 Å². The molecule has 20 heavy (non-hydrogen) atoms. The second kappa shape index (κ2) is 5.21.